The molecule has 10 nitrogen and oxygen atoms in total. The van der Waals surface area contributed by atoms with Gasteiger partial charge in [0.05, 0.1) is 17.3 Å². The minimum absolute atomic E-state index is 0. The van der Waals surface area contributed by atoms with Gasteiger partial charge >= 0.3 is 0 Å². The van der Waals surface area contributed by atoms with Gasteiger partial charge in [-0.2, -0.15) is 9.61 Å². The first kappa shape index (κ1) is 19.9. The smallest absolute Gasteiger partial charge is 0.243 e. The molecule has 1 atom stereocenters. The molecule has 4 aromatic rings. The number of carbonyl (C=O) groups excluding carboxylic acids is 1. The van der Waals surface area contributed by atoms with E-state index < -0.39 is 6.04 Å². The van der Waals surface area contributed by atoms with Crippen molar-refractivity contribution in [3.63, 3.8) is 0 Å². The molecule has 10 heteroatoms. The van der Waals surface area contributed by atoms with Gasteiger partial charge in [0.2, 0.25) is 11.9 Å². The van der Waals surface area contributed by atoms with Gasteiger partial charge in [0, 0.05) is 42.0 Å². The molecule has 3 N–H and O–H groups in total. The van der Waals surface area contributed by atoms with Crippen LogP contribution in [0.1, 0.15) is 41.4 Å². The molecular formula is C24H33N9O. The minimum atomic E-state index is -0.447. The van der Waals surface area contributed by atoms with Crippen molar-refractivity contribution < 1.29 is 9.07 Å². The highest BCUT2D eigenvalue weighted by atomic mass is 16.2. The van der Waals surface area contributed by atoms with Crippen LogP contribution in [0.25, 0.3) is 27.9 Å². The Balaban J connectivity index is 0.00000107. The lowest BCUT2D eigenvalue weighted by Crippen LogP contribution is -2.42. The molecule has 3 fully saturated rings. The molecule has 2 saturated carbocycles. The van der Waals surface area contributed by atoms with Gasteiger partial charge < -0.3 is 16.0 Å². The summed E-state index contributed by atoms with van der Waals surface area (Å²) in [5.74, 6) is 2.38. The summed E-state index contributed by atoms with van der Waals surface area (Å²) in [6.07, 6.45) is 8.78. The molecule has 0 bridgehead atoms. The van der Waals surface area contributed by atoms with Gasteiger partial charge in [0.1, 0.15) is 6.04 Å². The second-order valence-corrected chi connectivity index (χ2v) is 9.71. The molecule has 1 amide bonds. The third kappa shape index (κ3) is 3.58. The molecule has 0 radical (unpaired) electrons. The maximum atomic E-state index is 12.6. The van der Waals surface area contributed by atoms with Crippen molar-refractivity contribution in [3.8, 4) is 11.4 Å². The number of benzene rings is 1. The zero-order chi connectivity index (χ0) is 22.6. The van der Waals surface area contributed by atoms with E-state index in [2.05, 4.69) is 39.2 Å². The minimum Gasteiger partial charge on any atom is -0.353 e. The first-order valence-corrected chi connectivity index (χ1v) is 12.2. The summed E-state index contributed by atoms with van der Waals surface area (Å²) in [4.78, 5) is 22.6. The summed E-state index contributed by atoms with van der Waals surface area (Å²) in [6.45, 7) is 2.82. The Morgan fingerprint density at radius 3 is 2.91 bits per heavy atom. The molecule has 34 heavy (non-hydrogen) atoms. The van der Waals surface area contributed by atoms with Crippen LogP contribution in [0.2, 0.25) is 0 Å². The Bertz CT molecular complexity index is 1410. The van der Waals surface area contributed by atoms with E-state index in [0.29, 0.717) is 30.8 Å². The monoisotopic (exact) mass is 463 g/mol. The quantitative estimate of drug-likeness (QED) is 0.403. The van der Waals surface area contributed by atoms with Crippen molar-refractivity contribution in [2.45, 2.75) is 44.2 Å². The van der Waals surface area contributed by atoms with E-state index in [4.69, 9.17) is 15.1 Å². The average molecular weight is 464 g/mol. The fourth-order valence-electron chi connectivity index (χ4n) is 4.75. The number of rotatable bonds is 6. The maximum absolute atomic E-state index is 12.6. The Morgan fingerprint density at radius 1 is 1.15 bits per heavy atom. The van der Waals surface area contributed by atoms with Gasteiger partial charge in [-0.15, -0.1) is 5.10 Å². The van der Waals surface area contributed by atoms with Crippen LogP contribution in [0.5, 0.6) is 0 Å². The molecular weight excluding hydrogens is 430 g/mol. The summed E-state index contributed by atoms with van der Waals surface area (Å²) in [5, 5.41) is 19.9. The summed E-state index contributed by atoms with van der Waals surface area (Å²) in [6, 6.07) is 5.85. The van der Waals surface area contributed by atoms with E-state index in [1.165, 1.54) is 31.2 Å². The number of nitrogens with one attached hydrogen (secondary N) is 3. The molecule has 1 aliphatic heterocycles. The maximum Gasteiger partial charge on any atom is 0.243 e. The van der Waals surface area contributed by atoms with Gasteiger partial charge in [-0.1, -0.05) is 12.1 Å². The van der Waals surface area contributed by atoms with Crippen LogP contribution in [0, 0.1) is 5.92 Å². The average Bonchev–Trinajstić information content (AvgIpc) is 3.76. The van der Waals surface area contributed by atoms with E-state index >= 15 is 0 Å². The number of amides is 1. The van der Waals surface area contributed by atoms with Crippen molar-refractivity contribution in [2.75, 3.05) is 25.0 Å². The predicted molar refractivity (Wildman–Crippen MR) is 134 cm³/mol. The first-order chi connectivity index (χ1) is 16.7. The third-order valence-electron chi connectivity index (χ3n) is 6.95. The number of fused-ring (bicyclic) bond motifs is 3. The normalized spacial score (nSPS) is 21.1. The topological polar surface area (TPSA) is 114 Å². The molecule has 1 aromatic carbocycles. The van der Waals surface area contributed by atoms with E-state index in [1.807, 2.05) is 17.1 Å². The van der Waals surface area contributed by atoms with E-state index in [1.54, 1.807) is 4.52 Å². The van der Waals surface area contributed by atoms with Crippen LogP contribution in [0.3, 0.4) is 0 Å². The zero-order valence-electron chi connectivity index (χ0n) is 18.9. The van der Waals surface area contributed by atoms with Crippen LogP contribution >= 0.6 is 0 Å². The van der Waals surface area contributed by atoms with Crippen molar-refractivity contribution in [3.05, 3.63) is 36.2 Å². The molecule has 4 heterocycles. The van der Waals surface area contributed by atoms with Gasteiger partial charge in [-0.25, -0.2) is 9.97 Å². The predicted octanol–water partition coefficient (Wildman–Crippen LogP) is 2.67. The lowest BCUT2D eigenvalue weighted by atomic mass is 10.1. The molecule has 3 aliphatic rings. The van der Waals surface area contributed by atoms with Crippen LogP contribution in [0.15, 0.2) is 30.6 Å². The van der Waals surface area contributed by atoms with Crippen LogP contribution < -0.4 is 16.0 Å². The van der Waals surface area contributed by atoms with Crippen molar-refractivity contribution in [1.29, 1.82) is 0 Å². The van der Waals surface area contributed by atoms with Crippen molar-refractivity contribution in [1.82, 2.24) is 40.0 Å². The van der Waals surface area contributed by atoms with E-state index in [9.17, 15) is 4.79 Å². The summed E-state index contributed by atoms with van der Waals surface area (Å²) in [5.41, 5.74) is 3.80. The molecule has 180 valence electrons. The standard InChI is InChI=1S/C24H27N9O.3H2/c34-23-19(11-25-8-9-26-23)28-24-29-20-17(15-6-7-15)2-1-3-18(20)22-30-21(31-33(22)24)16-10-27-32(13-16)12-14-4-5-14;;;/h1-3,10,13-15,19,25H,4-9,11-12H2,(H,26,34)(H,28,29);3*1H/t19-;;;/m1.../s1. The van der Waals surface area contributed by atoms with Crippen molar-refractivity contribution >= 4 is 28.4 Å². The molecule has 0 spiro atoms. The fraction of sp³-hybridized carbons (Fsp3) is 0.458. The lowest BCUT2D eigenvalue weighted by Gasteiger charge is -2.17. The molecule has 0 unspecified atom stereocenters. The fourth-order valence-corrected chi connectivity index (χ4v) is 4.75. The highest BCUT2D eigenvalue weighted by Gasteiger charge is 2.29. The molecule has 2 aliphatic carbocycles. The Morgan fingerprint density at radius 2 is 2.06 bits per heavy atom. The van der Waals surface area contributed by atoms with Gasteiger partial charge in [-0.05, 0) is 49.1 Å². The Kier molecular flexibility index (Phi) is 4.54. The Labute approximate surface area is 200 Å². The molecule has 7 rings (SSSR count). The number of anilines is 1. The van der Waals surface area contributed by atoms with Crippen LogP contribution in [-0.4, -0.2) is 60.9 Å². The Hall–Kier alpha value is -3.53. The van der Waals surface area contributed by atoms with Gasteiger partial charge in [0.25, 0.3) is 0 Å². The summed E-state index contributed by atoms with van der Waals surface area (Å²) in [7, 11) is 0. The molecule has 3 aromatic heterocycles. The van der Waals surface area contributed by atoms with Gasteiger partial charge in [-0.3, -0.25) is 9.48 Å². The molecule has 1 saturated heterocycles. The number of hydrogen-bond acceptors (Lipinski definition) is 7. The number of nitrogens with zero attached hydrogens (tertiary/aromatic N) is 6. The van der Waals surface area contributed by atoms with E-state index in [-0.39, 0.29) is 10.2 Å². The summed E-state index contributed by atoms with van der Waals surface area (Å²) >= 11 is 0. The second-order valence-electron chi connectivity index (χ2n) is 9.71. The van der Waals surface area contributed by atoms with Crippen molar-refractivity contribution in [2.24, 2.45) is 5.92 Å². The van der Waals surface area contributed by atoms with E-state index in [0.717, 1.165) is 41.1 Å². The zero-order valence-corrected chi connectivity index (χ0v) is 18.9. The lowest BCUT2D eigenvalue weighted by molar-refractivity contribution is -0.121. The highest BCUT2D eigenvalue weighted by molar-refractivity contribution is 5.95. The largest absolute Gasteiger partial charge is 0.353 e. The highest BCUT2D eigenvalue weighted by Crippen LogP contribution is 2.43. The van der Waals surface area contributed by atoms with Crippen LogP contribution in [0.4, 0.5) is 5.95 Å². The second kappa shape index (κ2) is 7.76. The number of carbonyl (C=O) groups is 1. The summed E-state index contributed by atoms with van der Waals surface area (Å²) < 4.78 is 3.73. The first-order valence-electron chi connectivity index (χ1n) is 12.2. The number of hydrogen-bond donors (Lipinski definition) is 3. The number of para-hydroxylation sites is 1. The number of aromatic nitrogens is 6. The third-order valence-corrected chi connectivity index (χ3v) is 6.95. The van der Waals surface area contributed by atoms with Crippen LogP contribution in [-0.2, 0) is 11.3 Å². The van der Waals surface area contributed by atoms with Gasteiger partial charge in [0.15, 0.2) is 11.5 Å². The SMILES string of the molecule is O=C1NCCNC[C@H]1Nc1nc2c(C3CC3)cccc2c2nc(-c3cnn(CC4CC4)c3)nn12.[HH].[HH].[HH].